The number of ether oxygens (including phenoxy) is 3. The second-order valence-electron chi connectivity index (χ2n) is 8.83. The lowest BCUT2D eigenvalue weighted by Gasteiger charge is -2.30. The summed E-state index contributed by atoms with van der Waals surface area (Å²) in [6.45, 7) is 6.23. The average molecular weight is 578 g/mol. The topological polar surface area (TPSA) is 88.7 Å². The third-order valence-electron chi connectivity index (χ3n) is 6.56. The highest BCUT2D eigenvalue weighted by Crippen LogP contribution is 2.42. The van der Waals surface area contributed by atoms with Crippen LogP contribution in [0, 0.1) is 5.82 Å². The normalized spacial score (nSPS) is 22.9. The fraction of sp³-hybridized carbons (Fsp3) is 0.565. The Morgan fingerprint density at radius 1 is 1.49 bits per heavy atom. The number of aromatic amines is 1. The number of alkyl halides is 1. The van der Waals surface area contributed by atoms with Gasteiger partial charge in [-0.15, -0.1) is 6.58 Å². The van der Waals surface area contributed by atoms with Gasteiger partial charge in [-0.05, 0) is 35.3 Å². The van der Waals surface area contributed by atoms with Gasteiger partial charge in [0.05, 0.1) is 22.7 Å². The van der Waals surface area contributed by atoms with E-state index in [1.54, 1.807) is 13.2 Å². The van der Waals surface area contributed by atoms with Crippen LogP contribution in [0.4, 0.5) is 8.78 Å². The van der Waals surface area contributed by atoms with E-state index in [-0.39, 0.29) is 51.4 Å². The third kappa shape index (κ3) is 5.34. The number of hydrogen-bond acceptors (Lipinski definition) is 7. The number of H-pyrrole nitrogens is 1. The van der Waals surface area contributed by atoms with Crippen molar-refractivity contribution in [1.82, 2.24) is 20.2 Å². The fourth-order valence-electron chi connectivity index (χ4n) is 4.82. The first kappa shape index (κ1) is 26.3. The molecule has 8 nitrogen and oxygen atoms in total. The standard InChI is InChI=1S/C23H28BrClF2N4O4/c1-3-14(28-6-8-33-2)11-34-20-15-19(18(27)16(24)17(20)25)29-22(30-21(15)32)35-12-23-5-4-7-31(23)10-13(26)9-23/h3,13-14,28H,1,4-12H2,2H3,(H,29,30,32)/t13-,14+,23+/m1/s1. The van der Waals surface area contributed by atoms with Crippen LogP contribution in [0.15, 0.2) is 21.9 Å². The molecule has 1 aromatic heterocycles. The Morgan fingerprint density at radius 2 is 2.29 bits per heavy atom. The van der Waals surface area contributed by atoms with Crippen molar-refractivity contribution in [1.29, 1.82) is 0 Å². The van der Waals surface area contributed by atoms with E-state index < -0.39 is 23.1 Å². The van der Waals surface area contributed by atoms with E-state index in [1.807, 2.05) is 0 Å². The molecule has 4 rings (SSSR count). The van der Waals surface area contributed by atoms with Crippen molar-refractivity contribution >= 4 is 38.4 Å². The number of nitrogens with one attached hydrogen (secondary N) is 2. The number of fused-ring (bicyclic) bond motifs is 2. The maximum absolute atomic E-state index is 15.1. The Kier molecular flexibility index (Phi) is 8.32. The Bertz CT molecular complexity index is 1150. The van der Waals surface area contributed by atoms with Crippen LogP contribution in [0.2, 0.25) is 5.02 Å². The number of methoxy groups -OCH3 is 1. The summed E-state index contributed by atoms with van der Waals surface area (Å²) in [4.78, 5) is 21.9. The second-order valence-corrected chi connectivity index (χ2v) is 10.0. The molecule has 1 aromatic carbocycles. The Labute approximate surface area is 215 Å². The molecule has 2 aliphatic rings. The summed E-state index contributed by atoms with van der Waals surface area (Å²) < 4.78 is 45.7. The van der Waals surface area contributed by atoms with Gasteiger partial charge < -0.3 is 19.5 Å². The molecule has 3 atom stereocenters. The van der Waals surface area contributed by atoms with Gasteiger partial charge in [0.15, 0.2) is 11.6 Å². The van der Waals surface area contributed by atoms with Gasteiger partial charge >= 0.3 is 0 Å². The number of rotatable bonds is 11. The minimum Gasteiger partial charge on any atom is -0.489 e. The molecule has 0 bridgehead atoms. The van der Waals surface area contributed by atoms with E-state index >= 15 is 4.39 Å². The molecule has 192 valence electrons. The molecule has 35 heavy (non-hydrogen) atoms. The van der Waals surface area contributed by atoms with Gasteiger partial charge in [0.2, 0.25) is 0 Å². The molecule has 0 amide bonds. The molecule has 0 radical (unpaired) electrons. The quantitative estimate of drug-likeness (QED) is 0.240. The Balaban J connectivity index is 1.60. The molecule has 0 saturated carbocycles. The average Bonchev–Trinajstić information content (AvgIpc) is 3.36. The zero-order valence-electron chi connectivity index (χ0n) is 19.3. The van der Waals surface area contributed by atoms with Crippen LogP contribution in [0.3, 0.4) is 0 Å². The zero-order valence-corrected chi connectivity index (χ0v) is 21.7. The number of nitrogens with zero attached hydrogens (tertiary/aromatic N) is 2. The minimum absolute atomic E-state index is 0.00717. The van der Waals surface area contributed by atoms with Gasteiger partial charge in [-0.25, -0.2) is 8.78 Å². The molecule has 2 aliphatic heterocycles. The lowest BCUT2D eigenvalue weighted by Crippen LogP contribution is -2.43. The van der Waals surface area contributed by atoms with E-state index in [0.717, 1.165) is 19.4 Å². The van der Waals surface area contributed by atoms with Crippen molar-refractivity contribution in [2.45, 2.75) is 37.0 Å². The molecule has 0 aliphatic carbocycles. The molecule has 0 unspecified atom stereocenters. The first-order valence-corrected chi connectivity index (χ1v) is 12.6. The highest BCUT2D eigenvalue weighted by Gasteiger charge is 2.49. The minimum atomic E-state index is -0.916. The highest BCUT2D eigenvalue weighted by molar-refractivity contribution is 9.10. The van der Waals surface area contributed by atoms with Gasteiger partial charge in [0.25, 0.3) is 11.6 Å². The second kappa shape index (κ2) is 11.1. The number of halogens is 4. The largest absolute Gasteiger partial charge is 0.489 e. The maximum atomic E-state index is 15.1. The Morgan fingerprint density at radius 3 is 3.03 bits per heavy atom. The van der Waals surface area contributed by atoms with Crippen LogP contribution in [-0.4, -0.2) is 79.2 Å². The van der Waals surface area contributed by atoms with Gasteiger partial charge in [0.1, 0.15) is 35.3 Å². The monoisotopic (exact) mass is 576 g/mol. The first-order chi connectivity index (χ1) is 16.8. The lowest BCUT2D eigenvalue weighted by atomic mass is 9.95. The van der Waals surface area contributed by atoms with Crippen LogP contribution in [0.25, 0.3) is 10.9 Å². The van der Waals surface area contributed by atoms with E-state index in [2.05, 4.69) is 42.7 Å². The van der Waals surface area contributed by atoms with Gasteiger partial charge in [0, 0.05) is 26.6 Å². The molecule has 3 heterocycles. The van der Waals surface area contributed by atoms with Gasteiger partial charge in [-0.3, -0.25) is 14.7 Å². The maximum Gasteiger partial charge on any atom is 0.297 e. The number of benzene rings is 1. The van der Waals surface area contributed by atoms with Crippen LogP contribution in [0.5, 0.6) is 11.8 Å². The number of hydrogen-bond donors (Lipinski definition) is 2. The van der Waals surface area contributed by atoms with E-state index in [0.29, 0.717) is 26.1 Å². The molecular formula is C23H28BrClF2N4O4. The molecule has 12 heteroatoms. The number of aromatic nitrogens is 2. The van der Waals surface area contributed by atoms with E-state index in [9.17, 15) is 9.18 Å². The van der Waals surface area contributed by atoms with Crippen molar-refractivity contribution < 1.29 is 23.0 Å². The van der Waals surface area contributed by atoms with E-state index in [4.69, 9.17) is 25.8 Å². The van der Waals surface area contributed by atoms with Crippen molar-refractivity contribution in [3.05, 3.63) is 38.3 Å². The summed E-state index contributed by atoms with van der Waals surface area (Å²) in [6.07, 6.45) is 2.84. The molecule has 2 aromatic rings. The van der Waals surface area contributed by atoms with Crippen molar-refractivity contribution in [2.75, 3.05) is 46.6 Å². The summed E-state index contributed by atoms with van der Waals surface area (Å²) in [5.74, 6) is -0.815. The van der Waals surface area contributed by atoms with Crippen LogP contribution >= 0.6 is 27.5 Å². The summed E-state index contributed by atoms with van der Waals surface area (Å²) in [6, 6.07) is -0.413. The predicted octanol–water partition coefficient (Wildman–Crippen LogP) is 3.60. The molecule has 0 spiro atoms. The van der Waals surface area contributed by atoms with Crippen molar-refractivity contribution in [3.63, 3.8) is 0 Å². The van der Waals surface area contributed by atoms with Crippen molar-refractivity contribution in [3.8, 4) is 11.8 Å². The molecule has 2 saturated heterocycles. The SMILES string of the molecule is C=C[C@@H](COc1c(Cl)c(Br)c(F)c2nc(OC[C@@]34CCCN3C[C@H](F)C4)[nH]c(=O)c12)NCCOC. The van der Waals surface area contributed by atoms with Crippen molar-refractivity contribution in [2.24, 2.45) is 0 Å². The predicted molar refractivity (Wildman–Crippen MR) is 133 cm³/mol. The first-order valence-electron chi connectivity index (χ1n) is 11.4. The molecule has 2 fully saturated rings. The summed E-state index contributed by atoms with van der Waals surface area (Å²) >= 11 is 9.46. The fourth-order valence-corrected chi connectivity index (χ4v) is 5.42. The summed E-state index contributed by atoms with van der Waals surface area (Å²) in [7, 11) is 1.59. The smallest absolute Gasteiger partial charge is 0.297 e. The zero-order chi connectivity index (χ0) is 25.2. The van der Waals surface area contributed by atoms with Gasteiger partial charge in [-0.2, -0.15) is 4.98 Å². The Hall–Kier alpha value is -1.79. The molecular weight excluding hydrogens is 550 g/mol. The van der Waals surface area contributed by atoms with Crippen LogP contribution < -0.4 is 20.3 Å². The highest BCUT2D eigenvalue weighted by atomic mass is 79.9. The summed E-state index contributed by atoms with van der Waals surface area (Å²) in [5, 5.41) is 2.95. The molecule has 2 N–H and O–H groups in total. The third-order valence-corrected chi connectivity index (χ3v) is 7.89. The lowest BCUT2D eigenvalue weighted by molar-refractivity contribution is 0.107. The van der Waals surface area contributed by atoms with Gasteiger partial charge in [-0.1, -0.05) is 17.7 Å². The summed E-state index contributed by atoms with van der Waals surface area (Å²) in [5.41, 5.74) is -1.34. The van der Waals surface area contributed by atoms with E-state index in [1.165, 1.54) is 0 Å². The van der Waals surface area contributed by atoms with Crippen LogP contribution in [0.1, 0.15) is 19.3 Å². The van der Waals surface area contributed by atoms with Crippen LogP contribution in [-0.2, 0) is 4.74 Å².